The number of amides is 1. The summed E-state index contributed by atoms with van der Waals surface area (Å²) in [6.45, 7) is 7.81. The summed E-state index contributed by atoms with van der Waals surface area (Å²) in [5, 5.41) is 0.781. The van der Waals surface area contributed by atoms with Crippen molar-refractivity contribution in [3.63, 3.8) is 0 Å². The van der Waals surface area contributed by atoms with Gasteiger partial charge in [-0.25, -0.2) is 4.98 Å². The molecule has 2 aromatic carbocycles. The van der Waals surface area contributed by atoms with E-state index in [1.54, 1.807) is 11.3 Å². The van der Waals surface area contributed by atoms with Crippen LogP contribution in [0.15, 0.2) is 36.4 Å². The Labute approximate surface area is 177 Å². The van der Waals surface area contributed by atoms with Gasteiger partial charge in [0.15, 0.2) is 5.13 Å². The highest BCUT2D eigenvalue weighted by molar-refractivity contribution is 7.22. The van der Waals surface area contributed by atoms with E-state index >= 15 is 0 Å². The summed E-state index contributed by atoms with van der Waals surface area (Å²) in [4.78, 5) is 22.1. The summed E-state index contributed by atoms with van der Waals surface area (Å²) in [5.74, 6) is 0.0159. The Balaban J connectivity index is 0.00000280. The summed E-state index contributed by atoms with van der Waals surface area (Å²) >= 11 is 1.59. The third-order valence-electron chi connectivity index (χ3n) is 4.84. The van der Waals surface area contributed by atoms with Crippen LogP contribution in [0, 0.1) is 20.8 Å². The molecule has 3 rings (SSSR count). The molecule has 4 nitrogen and oxygen atoms in total. The zero-order chi connectivity index (χ0) is 19.6. The van der Waals surface area contributed by atoms with Gasteiger partial charge in [-0.15, -0.1) is 12.4 Å². The Morgan fingerprint density at radius 2 is 1.68 bits per heavy atom. The van der Waals surface area contributed by atoms with E-state index in [2.05, 4.69) is 45.0 Å². The second-order valence-corrected chi connectivity index (χ2v) is 8.34. The quantitative estimate of drug-likeness (QED) is 0.550. The molecule has 6 heteroatoms. The summed E-state index contributed by atoms with van der Waals surface area (Å²) in [6.07, 6.45) is 0.901. The molecule has 0 N–H and O–H groups in total. The first-order valence-electron chi connectivity index (χ1n) is 9.27. The fourth-order valence-electron chi connectivity index (χ4n) is 3.01. The molecule has 3 aromatic rings. The lowest BCUT2D eigenvalue weighted by molar-refractivity contribution is 0.0986. The number of benzene rings is 2. The zero-order valence-corrected chi connectivity index (χ0v) is 18.8. The Kier molecular flexibility index (Phi) is 7.58. The van der Waals surface area contributed by atoms with E-state index in [0.29, 0.717) is 12.1 Å². The maximum Gasteiger partial charge on any atom is 0.260 e. The molecule has 0 saturated heterocycles. The summed E-state index contributed by atoms with van der Waals surface area (Å²) in [7, 11) is 4.10. The highest BCUT2D eigenvalue weighted by Gasteiger charge is 2.21. The fourth-order valence-corrected chi connectivity index (χ4v) is 4.06. The van der Waals surface area contributed by atoms with Crippen molar-refractivity contribution >= 4 is 45.0 Å². The molecule has 28 heavy (non-hydrogen) atoms. The summed E-state index contributed by atoms with van der Waals surface area (Å²) < 4.78 is 1.13. The van der Waals surface area contributed by atoms with Crippen molar-refractivity contribution in [1.82, 2.24) is 9.88 Å². The lowest BCUT2D eigenvalue weighted by atomic mass is 10.1. The van der Waals surface area contributed by atoms with E-state index in [4.69, 9.17) is 4.98 Å². The van der Waals surface area contributed by atoms with Crippen LogP contribution in [0.5, 0.6) is 0 Å². The minimum atomic E-state index is 0. The molecule has 0 radical (unpaired) electrons. The minimum Gasteiger partial charge on any atom is -0.309 e. The molecule has 0 aliphatic carbocycles. The van der Waals surface area contributed by atoms with Crippen molar-refractivity contribution in [2.24, 2.45) is 0 Å². The fraction of sp³-hybridized carbons (Fsp3) is 0.364. The van der Waals surface area contributed by atoms with E-state index in [-0.39, 0.29) is 18.3 Å². The summed E-state index contributed by atoms with van der Waals surface area (Å²) in [6, 6.07) is 12.0. The van der Waals surface area contributed by atoms with Gasteiger partial charge in [0, 0.05) is 12.1 Å². The Morgan fingerprint density at radius 1 is 1.00 bits per heavy atom. The molecule has 0 bridgehead atoms. The number of hydrogen-bond donors (Lipinski definition) is 0. The number of nitrogens with zero attached hydrogens (tertiary/aromatic N) is 3. The number of hydrogen-bond acceptors (Lipinski definition) is 4. The number of aryl methyl sites for hydroxylation is 3. The number of halogens is 1. The topological polar surface area (TPSA) is 36.4 Å². The van der Waals surface area contributed by atoms with Crippen molar-refractivity contribution in [3.05, 3.63) is 58.7 Å². The molecule has 0 aliphatic rings. The van der Waals surface area contributed by atoms with Gasteiger partial charge in [0.1, 0.15) is 0 Å². The number of anilines is 1. The van der Waals surface area contributed by atoms with Gasteiger partial charge in [-0.05, 0) is 77.2 Å². The van der Waals surface area contributed by atoms with Crippen molar-refractivity contribution in [2.45, 2.75) is 27.2 Å². The van der Waals surface area contributed by atoms with E-state index in [1.807, 2.05) is 36.1 Å². The molecule has 1 heterocycles. The first-order chi connectivity index (χ1) is 12.9. The zero-order valence-electron chi connectivity index (χ0n) is 17.2. The number of fused-ring (bicyclic) bond motifs is 1. The van der Waals surface area contributed by atoms with E-state index in [0.717, 1.165) is 33.9 Å². The maximum atomic E-state index is 13.2. The lowest BCUT2D eigenvalue weighted by Crippen LogP contribution is -2.33. The number of carbonyl (C=O) groups is 1. The van der Waals surface area contributed by atoms with E-state index in [1.165, 1.54) is 11.1 Å². The van der Waals surface area contributed by atoms with Gasteiger partial charge in [0.25, 0.3) is 5.91 Å². The Bertz CT molecular complexity index is 950. The lowest BCUT2D eigenvalue weighted by Gasteiger charge is -2.21. The van der Waals surface area contributed by atoms with Crippen LogP contribution in [-0.2, 0) is 0 Å². The minimum absolute atomic E-state index is 0. The van der Waals surface area contributed by atoms with Gasteiger partial charge in [0.05, 0.1) is 10.2 Å². The van der Waals surface area contributed by atoms with Crippen molar-refractivity contribution in [3.8, 4) is 0 Å². The van der Waals surface area contributed by atoms with Gasteiger partial charge in [-0.1, -0.05) is 35.1 Å². The molecular formula is C22H28ClN3OS. The van der Waals surface area contributed by atoms with Gasteiger partial charge in [-0.2, -0.15) is 0 Å². The van der Waals surface area contributed by atoms with Gasteiger partial charge < -0.3 is 4.90 Å². The van der Waals surface area contributed by atoms with Gasteiger partial charge in [-0.3, -0.25) is 9.69 Å². The highest BCUT2D eigenvalue weighted by atomic mass is 35.5. The second-order valence-electron chi connectivity index (χ2n) is 7.33. The molecule has 1 amide bonds. The predicted molar refractivity (Wildman–Crippen MR) is 122 cm³/mol. The van der Waals surface area contributed by atoms with Crippen LogP contribution in [0.2, 0.25) is 0 Å². The van der Waals surface area contributed by atoms with E-state index < -0.39 is 0 Å². The normalized spacial score (nSPS) is 10.9. The molecule has 0 aliphatic heterocycles. The summed E-state index contributed by atoms with van der Waals surface area (Å²) in [5.41, 5.74) is 5.27. The van der Waals surface area contributed by atoms with Gasteiger partial charge >= 0.3 is 0 Å². The first kappa shape index (κ1) is 22.3. The monoisotopic (exact) mass is 417 g/mol. The first-order valence-corrected chi connectivity index (χ1v) is 10.1. The van der Waals surface area contributed by atoms with Crippen LogP contribution in [0.3, 0.4) is 0 Å². The van der Waals surface area contributed by atoms with Crippen LogP contribution in [0.4, 0.5) is 5.13 Å². The van der Waals surface area contributed by atoms with Crippen LogP contribution in [0.1, 0.15) is 33.5 Å². The Morgan fingerprint density at radius 3 is 2.32 bits per heavy atom. The average molecular weight is 418 g/mol. The molecule has 0 fully saturated rings. The van der Waals surface area contributed by atoms with Crippen LogP contribution < -0.4 is 4.90 Å². The predicted octanol–water partition coefficient (Wildman–Crippen LogP) is 5.24. The molecule has 1 aromatic heterocycles. The SMILES string of the molecule is Cc1ccc(C(=O)N(CCCN(C)C)c2nc3c(C)c(C)ccc3s2)cc1.Cl. The molecule has 0 unspecified atom stereocenters. The van der Waals surface area contributed by atoms with Crippen LogP contribution in [0.25, 0.3) is 10.2 Å². The number of aromatic nitrogens is 1. The molecule has 0 atom stereocenters. The van der Waals surface area contributed by atoms with Gasteiger partial charge in [0.2, 0.25) is 0 Å². The second kappa shape index (κ2) is 9.50. The average Bonchev–Trinajstić information content (AvgIpc) is 3.06. The van der Waals surface area contributed by atoms with Crippen molar-refractivity contribution in [2.75, 3.05) is 32.1 Å². The largest absolute Gasteiger partial charge is 0.309 e. The molecule has 150 valence electrons. The van der Waals surface area contributed by atoms with Crippen LogP contribution in [-0.4, -0.2) is 43.0 Å². The number of carbonyl (C=O) groups excluding carboxylic acids is 1. The van der Waals surface area contributed by atoms with Crippen molar-refractivity contribution in [1.29, 1.82) is 0 Å². The molecular weight excluding hydrogens is 390 g/mol. The Hall–Kier alpha value is -1.95. The highest BCUT2D eigenvalue weighted by Crippen LogP contribution is 2.32. The van der Waals surface area contributed by atoms with Crippen molar-refractivity contribution < 1.29 is 4.79 Å². The van der Waals surface area contributed by atoms with Crippen LogP contribution >= 0.6 is 23.7 Å². The smallest absolute Gasteiger partial charge is 0.260 e. The standard InChI is InChI=1S/C22H27N3OS.ClH/c1-15-7-10-18(11-8-15)21(26)25(14-6-13-24(4)5)22-23-20-17(3)16(2)9-12-19(20)27-22;/h7-12H,6,13-14H2,1-5H3;1H. The number of thiazole rings is 1. The maximum absolute atomic E-state index is 13.2. The molecule has 0 saturated carbocycles. The van der Waals surface area contributed by atoms with E-state index in [9.17, 15) is 4.79 Å². The third-order valence-corrected chi connectivity index (χ3v) is 5.88. The third kappa shape index (κ3) is 4.90. The molecule has 0 spiro atoms. The number of rotatable bonds is 6.